The van der Waals surface area contributed by atoms with Crippen LogP contribution in [-0.2, 0) is 14.4 Å². The molecule has 26 heavy (non-hydrogen) atoms. The van der Waals surface area contributed by atoms with Crippen LogP contribution in [0.4, 0.5) is 0 Å². The van der Waals surface area contributed by atoms with Crippen molar-refractivity contribution in [1.29, 1.82) is 0 Å². The lowest BCUT2D eigenvalue weighted by Crippen LogP contribution is -2.47. The fourth-order valence-electron chi connectivity index (χ4n) is 2.71. The van der Waals surface area contributed by atoms with Crippen LogP contribution in [-0.4, -0.2) is 127 Å². The van der Waals surface area contributed by atoms with E-state index in [4.69, 9.17) is 10.2 Å². The van der Waals surface area contributed by atoms with Crippen molar-refractivity contribution in [2.45, 2.75) is 0 Å². The summed E-state index contributed by atoms with van der Waals surface area (Å²) in [5, 5.41) is 20.5. The average molecular weight is 373 g/mol. The van der Waals surface area contributed by atoms with Crippen molar-refractivity contribution >= 4 is 17.8 Å². The minimum atomic E-state index is -0.973. The van der Waals surface area contributed by atoms with Crippen molar-refractivity contribution in [2.24, 2.45) is 5.18 Å². The second kappa shape index (κ2) is 11.6. The van der Waals surface area contributed by atoms with Crippen LogP contribution in [0.5, 0.6) is 0 Å². The molecule has 11 nitrogen and oxygen atoms in total. The van der Waals surface area contributed by atoms with Crippen molar-refractivity contribution in [2.75, 3.05) is 79.0 Å². The maximum Gasteiger partial charge on any atom is 0.317 e. The van der Waals surface area contributed by atoms with Crippen LogP contribution in [0, 0.1) is 4.91 Å². The summed E-state index contributed by atoms with van der Waals surface area (Å²) in [6, 6.07) is 0. The highest BCUT2D eigenvalue weighted by Crippen LogP contribution is 2.00. The molecule has 0 bridgehead atoms. The highest BCUT2D eigenvalue weighted by atomic mass is 16.4. The molecule has 0 aromatic carbocycles. The Morgan fingerprint density at radius 3 is 1.42 bits per heavy atom. The molecule has 1 saturated heterocycles. The summed E-state index contributed by atoms with van der Waals surface area (Å²) >= 11 is 0. The predicted octanol–water partition coefficient (Wildman–Crippen LogP) is -1.70. The molecule has 0 spiro atoms. The van der Waals surface area contributed by atoms with Gasteiger partial charge in [-0.3, -0.25) is 29.1 Å². The number of hydrogen-bond acceptors (Lipinski definition) is 8. The van der Waals surface area contributed by atoms with Gasteiger partial charge in [-0.2, -0.15) is 0 Å². The summed E-state index contributed by atoms with van der Waals surface area (Å²) < 4.78 is 0. The first-order valence-electron chi connectivity index (χ1n) is 8.45. The van der Waals surface area contributed by atoms with Gasteiger partial charge in [0, 0.05) is 57.5 Å². The van der Waals surface area contributed by atoms with E-state index in [9.17, 15) is 19.3 Å². The van der Waals surface area contributed by atoms with E-state index in [-0.39, 0.29) is 19.6 Å². The number of rotatable bonds is 6. The first-order valence-corrected chi connectivity index (χ1v) is 8.45. The highest BCUT2D eigenvalue weighted by molar-refractivity contribution is 5.78. The highest BCUT2D eigenvalue weighted by Gasteiger charge is 2.19. The Kier molecular flexibility index (Phi) is 9.88. The molecule has 0 radical (unpaired) electrons. The van der Waals surface area contributed by atoms with Gasteiger partial charge >= 0.3 is 11.9 Å². The van der Waals surface area contributed by atoms with Crippen molar-refractivity contribution in [1.82, 2.24) is 19.6 Å². The maximum atomic E-state index is 11.3. The molecule has 1 fully saturated rings. The summed E-state index contributed by atoms with van der Waals surface area (Å²) in [6.07, 6.45) is 0. The Morgan fingerprint density at radius 2 is 1.08 bits per heavy atom. The molecular weight excluding hydrogens is 346 g/mol. The lowest BCUT2D eigenvalue weighted by atomic mass is 10.3. The first kappa shape index (κ1) is 22.1. The number of aliphatic carboxylic acids is 2. The molecule has 0 aromatic rings. The van der Waals surface area contributed by atoms with Gasteiger partial charge in [-0.15, -0.1) is 4.91 Å². The van der Waals surface area contributed by atoms with Crippen LogP contribution in [0.3, 0.4) is 0 Å². The molecule has 1 amide bonds. The van der Waals surface area contributed by atoms with E-state index in [0.29, 0.717) is 52.4 Å². The maximum absolute atomic E-state index is 11.3. The summed E-state index contributed by atoms with van der Waals surface area (Å²) in [4.78, 5) is 51.1. The third-order valence-corrected chi connectivity index (χ3v) is 4.24. The Hall–Kier alpha value is -1.95. The number of nitrogens with zero attached hydrogens (tertiary/aromatic N) is 5. The van der Waals surface area contributed by atoms with Gasteiger partial charge in [-0.25, -0.2) is 0 Å². The number of amides is 1. The van der Waals surface area contributed by atoms with Crippen LogP contribution >= 0.6 is 0 Å². The topological polar surface area (TPSA) is 134 Å². The van der Waals surface area contributed by atoms with Gasteiger partial charge in [-0.1, -0.05) is 0 Å². The minimum Gasteiger partial charge on any atom is -0.480 e. The molecule has 148 valence electrons. The molecule has 1 aliphatic heterocycles. The predicted molar refractivity (Wildman–Crippen MR) is 92.9 cm³/mol. The first-order chi connectivity index (χ1) is 12.3. The van der Waals surface area contributed by atoms with Gasteiger partial charge in [0.15, 0.2) is 0 Å². The van der Waals surface area contributed by atoms with E-state index in [0.717, 1.165) is 0 Å². The molecular formula is C15H27N5O6. The molecule has 1 heterocycles. The van der Waals surface area contributed by atoms with Crippen molar-refractivity contribution in [3.8, 4) is 0 Å². The van der Waals surface area contributed by atoms with E-state index in [1.807, 2.05) is 11.9 Å². The lowest BCUT2D eigenvalue weighted by molar-refractivity contribution is -0.140. The van der Waals surface area contributed by atoms with Gasteiger partial charge < -0.3 is 15.1 Å². The van der Waals surface area contributed by atoms with Gasteiger partial charge in [0.2, 0.25) is 0 Å². The van der Waals surface area contributed by atoms with E-state index in [2.05, 4.69) is 5.18 Å². The van der Waals surface area contributed by atoms with E-state index in [1.165, 1.54) is 0 Å². The Morgan fingerprint density at radius 1 is 0.731 bits per heavy atom. The average Bonchev–Trinajstić information content (AvgIpc) is 2.56. The number of carbonyl (C=O) groups excluding carboxylic acids is 1. The third-order valence-electron chi connectivity index (χ3n) is 4.24. The molecule has 1 rings (SSSR count). The largest absolute Gasteiger partial charge is 0.480 e. The van der Waals surface area contributed by atoms with Crippen LogP contribution in [0.2, 0.25) is 0 Å². The summed E-state index contributed by atoms with van der Waals surface area (Å²) in [7, 11) is 1.90. The fraction of sp³-hybridized carbons (Fsp3) is 0.800. The molecule has 1 aliphatic rings. The Labute approximate surface area is 152 Å². The number of carbonyl (C=O) groups is 3. The van der Waals surface area contributed by atoms with Gasteiger partial charge in [-0.05, 0) is 7.05 Å². The van der Waals surface area contributed by atoms with Crippen LogP contribution in [0.15, 0.2) is 5.18 Å². The number of carboxylic acid groups (broad SMARTS) is 2. The summed E-state index contributed by atoms with van der Waals surface area (Å²) in [5.41, 5.74) is 0. The molecule has 11 heteroatoms. The van der Waals surface area contributed by atoms with E-state index < -0.39 is 17.8 Å². The zero-order chi connectivity index (χ0) is 19.5. The van der Waals surface area contributed by atoms with Gasteiger partial charge in [0.1, 0.15) is 0 Å². The lowest BCUT2D eigenvalue weighted by Gasteiger charge is -2.31. The van der Waals surface area contributed by atoms with E-state index in [1.54, 1.807) is 14.7 Å². The SMILES string of the molecule is CN1CCN(CC(=O)O)CCN(CC(=O)O)CCN(CC(=O)N=O)CC1. The molecule has 0 saturated carbocycles. The standard InChI is InChI=1S/C15H27N5O6/c1-17-2-4-18(10-13(21)16-26)6-7-20(12-15(24)25)9-8-19(5-3-17)11-14(22)23/h2-12H2,1H3,(H,22,23)(H,24,25). The Balaban J connectivity index is 2.79. The van der Waals surface area contributed by atoms with Crippen LogP contribution in [0.1, 0.15) is 0 Å². The molecule has 0 aromatic heterocycles. The van der Waals surface area contributed by atoms with Crippen molar-refractivity contribution in [3.63, 3.8) is 0 Å². The number of carboxylic acids is 2. The molecule has 0 atom stereocenters. The summed E-state index contributed by atoms with van der Waals surface area (Å²) in [5.74, 6) is -2.65. The van der Waals surface area contributed by atoms with Crippen molar-refractivity contribution in [3.05, 3.63) is 4.91 Å². The summed E-state index contributed by atoms with van der Waals surface area (Å²) in [6.45, 7) is 3.62. The van der Waals surface area contributed by atoms with Crippen LogP contribution in [0.25, 0.3) is 0 Å². The van der Waals surface area contributed by atoms with Crippen LogP contribution < -0.4 is 0 Å². The normalized spacial score (nSPS) is 20.0. The zero-order valence-electron chi connectivity index (χ0n) is 15.0. The molecule has 0 unspecified atom stereocenters. The third kappa shape index (κ3) is 9.51. The van der Waals surface area contributed by atoms with Gasteiger partial charge in [0.05, 0.1) is 19.6 Å². The minimum absolute atomic E-state index is 0.0939. The fourth-order valence-corrected chi connectivity index (χ4v) is 2.71. The number of hydrogen-bond donors (Lipinski definition) is 2. The monoisotopic (exact) mass is 373 g/mol. The van der Waals surface area contributed by atoms with Gasteiger partial charge in [0.25, 0.3) is 5.91 Å². The molecule has 2 N–H and O–H groups in total. The zero-order valence-corrected chi connectivity index (χ0v) is 15.0. The quantitative estimate of drug-likeness (QED) is 0.519. The number of nitroso groups, excluding NO2 is 1. The van der Waals surface area contributed by atoms with E-state index >= 15 is 0 Å². The second-order valence-electron chi connectivity index (χ2n) is 6.40. The second-order valence-corrected chi connectivity index (χ2v) is 6.40. The number of likely N-dealkylation sites (N-methyl/N-ethyl adjacent to an activating group) is 1. The smallest absolute Gasteiger partial charge is 0.317 e. The molecule has 0 aliphatic carbocycles. The Bertz CT molecular complexity index is 503. The van der Waals surface area contributed by atoms with Crippen molar-refractivity contribution < 1.29 is 24.6 Å².